The molecule has 0 aliphatic heterocycles. The Balaban J connectivity index is 1.27. The highest BCUT2D eigenvalue weighted by molar-refractivity contribution is 6.38. The van der Waals surface area contributed by atoms with Crippen molar-refractivity contribution in [2.45, 2.75) is 0 Å². The van der Waals surface area contributed by atoms with Gasteiger partial charge in [0.15, 0.2) is 0 Å². The largest absolute Gasteiger partial charge is 0.456 e. The van der Waals surface area contributed by atoms with Gasteiger partial charge in [0.25, 0.3) is 0 Å². The molecule has 0 amide bonds. The first-order valence-corrected chi connectivity index (χ1v) is 17.9. The molecule has 1 heterocycles. The zero-order chi connectivity index (χ0) is 33.9. The average Bonchev–Trinajstić information content (AvgIpc) is 3.57. The van der Waals surface area contributed by atoms with Gasteiger partial charge in [-0.25, -0.2) is 0 Å². The van der Waals surface area contributed by atoms with Crippen LogP contribution >= 0.6 is 0 Å². The number of hydrogen-bond acceptors (Lipinski definition) is 2. The van der Waals surface area contributed by atoms with E-state index in [1.54, 1.807) is 0 Å². The predicted octanol–water partition coefficient (Wildman–Crippen LogP) is 14.6. The molecule has 0 aliphatic rings. The molecule has 52 heavy (non-hydrogen) atoms. The molecule has 0 atom stereocenters. The Labute approximate surface area is 298 Å². The van der Waals surface area contributed by atoms with Crippen molar-refractivity contribution in [1.29, 1.82) is 0 Å². The molecule has 2 heteroatoms. The zero-order valence-corrected chi connectivity index (χ0v) is 28.1. The Bertz CT molecular complexity index is 3420. The summed E-state index contributed by atoms with van der Waals surface area (Å²) in [5.74, 6) is 0. The molecule has 0 saturated carbocycles. The van der Waals surface area contributed by atoms with Gasteiger partial charge in [0.05, 0.1) is 5.69 Å². The minimum absolute atomic E-state index is 0.891. The molecule has 0 spiro atoms. The Morgan fingerprint density at radius 3 is 1.56 bits per heavy atom. The van der Waals surface area contributed by atoms with E-state index in [1.165, 1.54) is 75.4 Å². The second-order valence-corrected chi connectivity index (χ2v) is 14.0. The number of anilines is 3. The van der Waals surface area contributed by atoms with Gasteiger partial charge in [-0.15, -0.1) is 0 Å². The number of hydrogen-bond donors (Lipinski definition) is 0. The van der Waals surface area contributed by atoms with Crippen molar-refractivity contribution in [2.24, 2.45) is 0 Å². The molecule has 12 rings (SSSR count). The highest BCUT2D eigenvalue weighted by atomic mass is 16.3. The maximum Gasteiger partial charge on any atom is 0.135 e. The Kier molecular flexibility index (Phi) is 5.53. The van der Waals surface area contributed by atoms with Crippen molar-refractivity contribution in [3.8, 4) is 0 Å². The number of furan rings is 1. The van der Waals surface area contributed by atoms with Gasteiger partial charge in [-0.1, -0.05) is 133 Å². The zero-order valence-electron chi connectivity index (χ0n) is 28.1. The first-order chi connectivity index (χ1) is 25.8. The standard InChI is InChI=1S/C50H29NO/c1-2-10-33-27-35(24-23-30(33)9-1)51(36-25-26-46-43(29-36)37-14-3-4-20-45(37)52-46)44-28-34-13-7-17-39-38-15-5-11-31-21-22-32-12-6-16-40(48(32)47(31)38)41-18-8-19-42(44)50(41)49(34)39/h1-29H. The number of fused-ring (bicyclic) bond motifs is 6. The van der Waals surface area contributed by atoms with Crippen molar-refractivity contribution in [2.75, 3.05) is 4.90 Å². The van der Waals surface area contributed by atoms with Crippen LogP contribution in [0.15, 0.2) is 180 Å². The molecule has 11 aromatic carbocycles. The van der Waals surface area contributed by atoms with Crippen molar-refractivity contribution in [1.82, 2.24) is 0 Å². The van der Waals surface area contributed by atoms with Gasteiger partial charge < -0.3 is 9.32 Å². The normalized spacial score (nSPS) is 12.2. The molecular formula is C50H29NO. The minimum Gasteiger partial charge on any atom is -0.456 e. The lowest BCUT2D eigenvalue weighted by molar-refractivity contribution is 0.669. The van der Waals surface area contributed by atoms with Crippen LogP contribution in [0.2, 0.25) is 0 Å². The first kappa shape index (κ1) is 27.9. The van der Waals surface area contributed by atoms with E-state index in [0.717, 1.165) is 39.0 Å². The first-order valence-electron chi connectivity index (χ1n) is 17.9. The highest BCUT2D eigenvalue weighted by Gasteiger charge is 2.22. The van der Waals surface area contributed by atoms with E-state index in [-0.39, 0.29) is 0 Å². The van der Waals surface area contributed by atoms with Crippen LogP contribution in [0.4, 0.5) is 17.1 Å². The molecule has 0 unspecified atom stereocenters. The number of rotatable bonds is 3. The Morgan fingerprint density at radius 2 is 0.788 bits per heavy atom. The van der Waals surface area contributed by atoms with Crippen LogP contribution in [0.5, 0.6) is 0 Å². The van der Waals surface area contributed by atoms with E-state index < -0.39 is 0 Å². The molecule has 2 nitrogen and oxygen atoms in total. The lowest BCUT2D eigenvalue weighted by Crippen LogP contribution is -2.10. The van der Waals surface area contributed by atoms with E-state index in [4.69, 9.17) is 4.42 Å². The number of benzene rings is 10. The van der Waals surface area contributed by atoms with Crippen molar-refractivity contribution in [3.05, 3.63) is 176 Å². The van der Waals surface area contributed by atoms with Crippen LogP contribution in [0.1, 0.15) is 0 Å². The maximum absolute atomic E-state index is 6.31. The van der Waals surface area contributed by atoms with Gasteiger partial charge in [-0.3, -0.25) is 0 Å². The summed E-state index contributed by atoms with van der Waals surface area (Å²) in [6.07, 6.45) is 0. The van der Waals surface area contributed by atoms with Crippen molar-refractivity contribution >= 4 is 114 Å². The number of nitrogens with zero attached hydrogens (tertiary/aromatic N) is 1. The molecular weight excluding hydrogens is 631 g/mol. The van der Waals surface area contributed by atoms with Gasteiger partial charge >= 0.3 is 0 Å². The molecule has 1 aromatic heterocycles. The topological polar surface area (TPSA) is 16.4 Å². The van der Waals surface area contributed by atoms with Crippen LogP contribution in [0.25, 0.3) is 97.3 Å². The maximum atomic E-state index is 6.31. The fourth-order valence-corrected chi connectivity index (χ4v) is 9.06. The van der Waals surface area contributed by atoms with Gasteiger partial charge in [0.1, 0.15) is 11.2 Å². The summed E-state index contributed by atoms with van der Waals surface area (Å²) in [5, 5.41) is 20.0. The molecule has 0 aliphatic carbocycles. The Morgan fingerprint density at radius 1 is 0.288 bits per heavy atom. The van der Waals surface area contributed by atoms with Gasteiger partial charge in [-0.05, 0) is 107 Å². The summed E-state index contributed by atoms with van der Waals surface area (Å²) in [4.78, 5) is 2.45. The second-order valence-electron chi connectivity index (χ2n) is 14.0. The van der Waals surface area contributed by atoms with Crippen LogP contribution in [0, 0.1) is 0 Å². The van der Waals surface area contributed by atoms with Gasteiger partial charge in [0, 0.05) is 32.9 Å². The van der Waals surface area contributed by atoms with Gasteiger partial charge in [-0.2, -0.15) is 0 Å². The predicted molar refractivity (Wildman–Crippen MR) is 222 cm³/mol. The second kappa shape index (κ2) is 10.3. The van der Waals surface area contributed by atoms with E-state index in [0.29, 0.717) is 0 Å². The fourth-order valence-electron chi connectivity index (χ4n) is 9.06. The molecule has 240 valence electrons. The molecule has 12 aromatic rings. The van der Waals surface area contributed by atoms with E-state index >= 15 is 0 Å². The van der Waals surface area contributed by atoms with Crippen LogP contribution in [-0.2, 0) is 0 Å². The van der Waals surface area contributed by atoms with E-state index in [2.05, 4.69) is 175 Å². The lowest BCUT2D eigenvalue weighted by atomic mass is 9.87. The summed E-state index contributed by atoms with van der Waals surface area (Å²) in [5.41, 5.74) is 5.13. The highest BCUT2D eigenvalue weighted by Crippen LogP contribution is 2.48. The SMILES string of the molecule is c1ccc2cc(N(c3ccc4oc5ccccc5c4c3)c3cc4cccc5c6cccc7ccc8cccc(c9cccc3c9c45)c8c76)ccc2c1. The molecule has 0 N–H and O–H groups in total. The summed E-state index contributed by atoms with van der Waals surface area (Å²) in [6.45, 7) is 0. The quantitative estimate of drug-likeness (QED) is 0.176. The fraction of sp³-hybridized carbons (Fsp3) is 0. The van der Waals surface area contributed by atoms with E-state index in [9.17, 15) is 0 Å². The lowest BCUT2D eigenvalue weighted by Gasteiger charge is -2.28. The smallest absolute Gasteiger partial charge is 0.135 e. The minimum atomic E-state index is 0.891. The summed E-state index contributed by atoms with van der Waals surface area (Å²) >= 11 is 0. The summed E-state index contributed by atoms with van der Waals surface area (Å²) in [7, 11) is 0. The summed E-state index contributed by atoms with van der Waals surface area (Å²) in [6, 6.07) is 64.7. The third kappa shape index (κ3) is 3.78. The molecule has 0 bridgehead atoms. The van der Waals surface area contributed by atoms with Crippen LogP contribution in [0.3, 0.4) is 0 Å². The Hall–Kier alpha value is -6.90. The van der Waals surface area contributed by atoms with E-state index in [1.807, 2.05) is 6.07 Å². The molecule has 0 radical (unpaired) electrons. The van der Waals surface area contributed by atoms with Crippen LogP contribution in [-0.4, -0.2) is 0 Å². The average molecular weight is 660 g/mol. The summed E-state index contributed by atoms with van der Waals surface area (Å²) < 4.78 is 6.31. The van der Waals surface area contributed by atoms with Gasteiger partial charge in [0.2, 0.25) is 0 Å². The third-order valence-corrected chi connectivity index (χ3v) is 11.3. The molecule has 0 fully saturated rings. The van der Waals surface area contributed by atoms with Crippen molar-refractivity contribution in [3.63, 3.8) is 0 Å². The van der Waals surface area contributed by atoms with Crippen LogP contribution < -0.4 is 4.90 Å². The number of para-hydroxylation sites is 1. The molecule has 0 saturated heterocycles. The third-order valence-electron chi connectivity index (χ3n) is 11.3. The van der Waals surface area contributed by atoms with Crippen molar-refractivity contribution < 1.29 is 4.42 Å². The monoisotopic (exact) mass is 659 g/mol.